The second-order valence-electron chi connectivity index (χ2n) is 5.50. The van der Waals surface area contributed by atoms with Crippen LogP contribution in [0.4, 0.5) is 5.69 Å². The predicted molar refractivity (Wildman–Crippen MR) is 86.7 cm³/mol. The molecule has 0 fully saturated rings. The Kier molecular flexibility index (Phi) is 6.85. The summed E-state index contributed by atoms with van der Waals surface area (Å²) in [5, 5.41) is 2.77. The minimum Gasteiger partial charge on any atom is -0.484 e. The fraction of sp³-hybridized carbons (Fsp3) is 0.500. The molecule has 1 aromatic carbocycles. The average Bonchev–Trinajstić information content (AvgIpc) is 2.52. The first-order valence-corrected chi connectivity index (χ1v) is 7.34. The van der Waals surface area contributed by atoms with Crippen LogP contribution in [0.1, 0.15) is 20.3 Å². The van der Waals surface area contributed by atoms with E-state index < -0.39 is 6.04 Å². The van der Waals surface area contributed by atoms with Crippen molar-refractivity contribution in [3.05, 3.63) is 24.3 Å². The zero-order chi connectivity index (χ0) is 16.7. The third kappa shape index (κ3) is 5.37. The van der Waals surface area contributed by atoms with Crippen LogP contribution in [0.5, 0.6) is 5.75 Å². The van der Waals surface area contributed by atoms with Crippen LogP contribution >= 0.6 is 0 Å². The molecule has 0 spiro atoms. The van der Waals surface area contributed by atoms with Gasteiger partial charge in [0.25, 0.3) is 5.91 Å². The van der Waals surface area contributed by atoms with Gasteiger partial charge in [-0.15, -0.1) is 0 Å². The first-order valence-electron chi connectivity index (χ1n) is 7.34. The average molecular weight is 307 g/mol. The molecule has 122 valence electrons. The number of carbonyl (C=O) groups excluding carboxylic acids is 2. The van der Waals surface area contributed by atoms with Crippen LogP contribution in [-0.2, 0) is 9.59 Å². The van der Waals surface area contributed by atoms with Crippen LogP contribution in [-0.4, -0.2) is 43.5 Å². The van der Waals surface area contributed by atoms with Crippen LogP contribution in [0.15, 0.2) is 24.3 Å². The van der Waals surface area contributed by atoms with Gasteiger partial charge in [-0.25, -0.2) is 0 Å². The molecule has 0 heterocycles. The van der Waals surface area contributed by atoms with Gasteiger partial charge in [0.05, 0.1) is 6.04 Å². The number of hydrogen-bond acceptors (Lipinski definition) is 4. The maximum Gasteiger partial charge on any atom is 0.259 e. The third-order valence-electron chi connectivity index (χ3n) is 3.54. The Labute approximate surface area is 131 Å². The highest BCUT2D eigenvalue weighted by molar-refractivity contribution is 5.94. The molecule has 22 heavy (non-hydrogen) atoms. The van der Waals surface area contributed by atoms with E-state index in [1.807, 2.05) is 13.8 Å². The van der Waals surface area contributed by atoms with Crippen molar-refractivity contribution in [3.63, 3.8) is 0 Å². The molecule has 0 saturated carbocycles. The molecule has 1 aromatic rings. The third-order valence-corrected chi connectivity index (χ3v) is 3.54. The number of carbonyl (C=O) groups is 2. The summed E-state index contributed by atoms with van der Waals surface area (Å²) >= 11 is 0. The van der Waals surface area contributed by atoms with E-state index in [1.165, 1.54) is 4.90 Å². The molecule has 3 N–H and O–H groups in total. The first-order chi connectivity index (χ1) is 10.3. The van der Waals surface area contributed by atoms with Gasteiger partial charge in [0, 0.05) is 19.8 Å². The molecular formula is C16H25N3O3. The van der Waals surface area contributed by atoms with Gasteiger partial charge in [-0.2, -0.15) is 0 Å². The molecule has 1 rings (SSSR count). The summed E-state index contributed by atoms with van der Waals surface area (Å²) in [5.41, 5.74) is 6.53. The van der Waals surface area contributed by atoms with Gasteiger partial charge in [-0.3, -0.25) is 9.59 Å². The highest BCUT2D eigenvalue weighted by Gasteiger charge is 2.19. The second-order valence-corrected chi connectivity index (χ2v) is 5.50. The van der Waals surface area contributed by atoms with Crippen molar-refractivity contribution in [1.82, 2.24) is 4.90 Å². The molecule has 6 heteroatoms. The lowest BCUT2D eigenvalue weighted by Crippen LogP contribution is -2.40. The zero-order valence-corrected chi connectivity index (χ0v) is 13.6. The standard InChI is InChI=1S/C16H25N3O3/c1-5-11(2)15(17)16(21)18-12-6-8-13(9-7-12)22-10-14(20)19(3)4/h6-9,11,15H,5,10,17H2,1-4H3,(H,18,21). The van der Waals surface area contributed by atoms with Crippen LogP contribution in [0, 0.1) is 5.92 Å². The summed E-state index contributed by atoms with van der Waals surface area (Å²) in [6.07, 6.45) is 0.848. The van der Waals surface area contributed by atoms with E-state index in [4.69, 9.17) is 10.5 Å². The van der Waals surface area contributed by atoms with Crippen molar-refractivity contribution >= 4 is 17.5 Å². The molecule has 0 radical (unpaired) electrons. The Bertz CT molecular complexity index is 500. The van der Waals surface area contributed by atoms with Gasteiger partial charge in [0.15, 0.2) is 6.61 Å². The van der Waals surface area contributed by atoms with E-state index in [0.29, 0.717) is 11.4 Å². The van der Waals surface area contributed by atoms with Crippen LogP contribution in [0.25, 0.3) is 0 Å². The van der Waals surface area contributed by atoms with E-state index in [0.717, 1.165) is 6.42 Å². The Hall–Kier alpha value is -2.08. The SMILES string of the molecule is CCC(C)C(N)C(=O)Nc1ccc(OCC(=O)N(C)C)cc1. The molecule has 0 aliphatic carbocycles. The summed E-state index contributed by atoms with van der Waals surface area (Å²) in [7, 11) is 3.34. The van der Waals surface area contributed by atoms with Crippen molar-refractivity contribution < 1.29 is 14.3 Å². The number of ether oxygens (including phenoxy) is 1. The summed E-state index contributed by atoms with van der Waals surface area (Å²) in [4.78, 5) is 24.9. The number of nitrogens with two attached hydrogens (primary N) is 1. The van der Waals surface area contributed by atoms with Crippen LogP contribution in [0.2, 0.25) is 0 Å². The smallest absolute Gasteiger partial charge is 0.259 e. The quantitative estimate of drug-likeness (QED) is 0.799. The van der Waals surface area contributed by atoms with Crippen LogP contribution in [0.3, 0.4) is 0 Å². The van der Waals surface area contributed by atoms with Gasteiger partial charge in [0.2, 0.25) is 5.91 Å². The fourth-order valence-corrected chi connectivity index (χ4v) is 1.65. The lowest BCUT2D eigenvalue weighted by atomic mass is 9.99. The first kappa shape index (κ1) is 18.0. The number of amides is 2. The van der Waals surface area contributed by atoms with Gasteiger partial charge < -0.3 is 20.7 Å². The summed E-state index contributed by atoms with van der Waals surface area (Å²) in [6.45, 7) is 3.93. The van der Waals surface area contributed by atoms with E-state index >= 15 is 0 Å². The molecule has 0 aliphatic heterocycles. The molecule has 0 aromatic heterocycles. The molecule has 0 aliphatic rings. The number of anilines is 1. The van der Waals surface area contributed by atoms with E-state index in [9.17, 15) is 9.59 Å². The fourth-order valence-electron chi connectivity index (χ4n) is 1.65. The van der Waals surface area contributed by atoms with Gasteiger partial charge in [0.1, 0.15) is 5.75 Å². The minimum atomic E-state index is -0.529. The van der Waals surface area contributed by atoms with Crippen molar-refractivity contribution in [3.8, 4) is 5.75 Å². The van der Waals surface area contributed by atoms with Crippen molar-refractivity contribution in [1.29, 1.82) is 0 Å². The maximum atomic E-state index is 12.0. The molecule has 6 nitrogen and oxygen atoms in total. The molecule has 0 bridgehead atoms. The van der Waals surface area contributed by atoms with Gasteiger partial charge >= 0.3 is 0 Å². The minimum absolute atomic E-state index is 0.0163. The summed E-state index contributed by atoms with van der Waals surface area (Å²) < 4.78 is 5.36. The second kappa shape index (κ2) is 8.38. The van der Waals surface area contributed by atoms with Crippen molar-refractivity contribution in [2.75, 3.05) is 26.0 Å². The molecule has 2 unspecified atom stereocenters. The molecule has 2 atom stereocenters. The summed E-state index contributed by atoms with van der Waals surface area (Å²) in [5.74, 6) is 0.377. The maximum absolute atomic E-state index is 12.0. The lowest BCUT2D eigenvalue weighted by molar-refractivity contribution is -0.130. The topological polar surface area (TPSA) is 84.7 Å². The molecular weight excluding hydrogens is 282 g/mol. The van der Waals surface area contributed by atoms with Gasteiger partial charge in [-0.1, -0.05) is 20.3 Å². The van der Waals surface area contributed by atoms with Crippen LogP contribution < -0.4 is 15.8 Å². The Balaban J connectivity index is 2.54. The highest BCUT2D eigenvalue weighted by Crippen LogP contribution is 2.16. The van der Waals surface area contributed by atoms with E-state index in [2.05, 4.69) is 5.32 Å². The Morgan fingerprint density at radius 1 is 1.27 bits per heavy atom. The lowest BCUT2D eigenvalue weighted by Gasteiger charge is -2.17. The number of likely N-dealkylation sites (N-methyl/N-ethyl adjacent to an activating group) is 1. The monoisotopic (exact) mass is 307 g/mol. The van der Waals surface area contributed by atoms with E-state index in [1.54, 1.807) is 38.4 Å². The number of benzene rings is 1. The largest absolute Gasteiger partial charge is 0.484 e. The summed E-state index contributed by atoms with van der Waals surface area (Å²) in [6, 6.07) is 6.31. The number of nitrogens with one attached hydrogen (secondary N) is 1. The molecule has 2 amide bonds. The number of hydrogen-bond donors (Lipinski definition) is 2. The van der Waals surface area contributed by atoms with Crippen molar-refractivity contribution in [2.24, 2.45) is 11.7 Å². The normalized spacial score (nSPS) is 13.1. The predicted octanol–water partition coefficient (Wildman–Crippen LogP) is 1.47. The zero-order valence-electron chi connectivity index (χ0n) is 13.6. The number of nitrogens with zero attached hydrogens (tertiary/aromatic N) is 1. The van der Waals surface area contributed by atoms with Crippen molar-refractivity contribution in [2.45, 2.75) is 26.3 Å². The number of rotatable bonds is 7. The molecule has 0 saturated heterocycles. The Morgan fingerprint density at radius 2 is 1.86 bits per heavy atom. The highest BCUT2D eigenvalue weighted by atomic mass is 16.5. The van der Waals surface area contributed by atoms with E-state index in [-0.39, 0.29) is 24.3 Å². The van der Waals surface area contributed by atoms with Gasteiger partial charge in [-0.05, 0) is 30.2 Å². The Morgan fingerprint density at radius 3 is 2.36 bits per heavy atom.